The standard InChI is InChI=1S/C24H20O3S2/c25-24(26-18-20-8-7-17-28-20)27-19-13-15-23(16-14-19)29(21-9-3-1-4-10-21)22-11-5-2-6-12-22/h1-17,29H,18H2. The van der Waals surface area contributed by atoms with Crippen LogP contribution < -0.4 is 4.74 Å². The SMILES string of the molecule is O=C(OCc1cccs1)Oc1ccc([SH](c2ccccc2)c2ccccc2)cc1. The Morgan fingerprint density at radius 3 is 1.86 bits per heavy atom. The average Bonchev–Trinajstić information content (AvgIpc) is 3.29. The van der Waals surface area contributed by atoms with Crippen LogP contribution in [0.5, 0.6) is 5.75 Å². The maximum Gasteiger partial charge on any atom is 0.514 e. The third-order valence-corrected chi connectivity index (χ3v) is 7.53. The van der Waals surface area contributed by atoms with Gasteiger partial charge in [0.25, 0.3) is 0 Å². The summed E-state index contributed by atoms with van der Waals surface area (Å²) in [4.78, 5) is 16.7. The van der Waals surface area contributed by atoms with E-state index in [9.17, 15) is 4.79 Å². The zero-order chi connectivity index (χ0) is 19.9. The summed E-state index contributed by atoms with van der Waals surface area (Å²) in [5, 5.41) is 1.94. The number of thiol groups is 1. The fourth-order valence-electron chi connectivity index (χ4n) is 2.92. The first-order valence-electron chi connectivity index (χ1n) is 9.17. The summed E-state index contributed by atoms with van der Waals surface area (Å²) in [7, 11) is -0.681. The fraction of sp³-hybridized carbons (Fsp3) is 0.0417. The first-order valence-corrected chi connectivity index (χ1v) is 11.4. The van der Waals surface area contributed by atoms with E-state index in [0.717, 1.165) is 4.88 Å². The van der Waals surface area contributed by atoms with Gasteiger partial charge in [0.1, 0.15) is 12.4 Å². The monoisotopic (exact) mass is 420 g/mol. The van der Waals surface area contributed by atoms with Crippen LogP contribution in [-0.2, 0) is 11.3 Å². The minimum absolute atomic E-state index is 0.224. The number of hydrogen-bond donors (Lipinski definition) is 1. The second-order valence-corrected chi connectivity index (χ2v) is 9.47. The molecule has 0 radical (unpaired) electrons. The van der Waals surface area contributed by atoms with Crippen molar-refractivity contribution in [2.75, 3.05) is 0 Å². The Bertz CT molecular complexity index is 991. The summed E-state index contributed by atoms with van der Waals surface area (Å²) in [6.07, 6.45) is -0.695. The van der Waals surface area contributed by atoms with Gasteiger partial charge in [0.2, 0.25) is 0 Å². The summed E-state index contributed by atoms with van der Waals surface area (Å²) in [6, 6.07) is 32.5. The topological polar surface area (TPSA) is 35.5 Å². The average molecular weight is 421 g/mol. The van der Waals surface area contributed by atoms with Crippen molar-refractivity contribution in [2.24, 2.45) is 0 Å². The Morgan fingerprint density at radius 1 is 0.724 bits per heavy atom. The van der Waals surface area contributed by atoms with E-state index in [0.29, 0.717) is 5.75 Å². The van der Waals surface area contributed by atoms with Crippen LogP contribution >= 0.6 is 22.2 Å². The number of ether oxygens (including phenoxy) is 2. The van der Waals surface area contributed by atoms with Gasteiger partial charge in [-0.05, 0) is 74.7 Å². The normalized spacial score (nSPS) is 11.0. The van der Waals surface area contributed by atoms with E-state index in [4.69, 9.17) is 9.47 Å². The highest BCUT2D eigenvalue weighted by Crippen LogP contribution is 2.51. The molecule has 0 spiro atoms. The molecule has 146 valence electrons. The lowest BCUT2D eigenvalue weighted by Crippen LogP contribution is -2.09. The largest absolute Gasteiger partial charge is 0.514 e. The van der Waals surface area contributed by atoms with Crippen molar-refractivity contribution in [3.8, 4) is 5.75 Å². The number of benzene rings is 3. The van der Waals surface area contributed by atoms with Crippen LogP contribution in [0.3, 0.4) is 0 Å². The van der Waals surface area contributed by atoms with Crippen molar-refractivity contribution >= 4 is 28.4 Å². The molecule has 0 aliphatic heterocycles. The Labute approximate surface area is 176 Å². The molecule has 3 nitrogen and oxygen atoms in total. The van der Waals surface area contributed by atoms with Gasteiger partial charge in [-0.1, -0.05) is 42.5 Å². The number of thiophene rings is 1. The zero-order valence-electron chi connectivity index (χ0n) is 15.6. The quantitative estimate of drug-likeness (QED) is 0.208. The minimum atomic E-state index is -0.695. The maximum atomic E-state index is 11.9. The highest BCUT2D eigenvalue weighted by molar-refractivity contribution is 8.17. The molecule has 0 fully saturated rings. The van der Waals surface area contributed by atoms with Gasteiger partial charge in [-0.2, -0.15) is 10.9 Å². The second kappa shape index (κ2) is 9.45. The van der Waals surface area contributed by atoms with Crippen LogP contribution in [0.15, 0.2) is 117 Å². The summed E-state index contributed by atoms with van der Waals surface area (Å²) in [5.74, 6) is 0.473. The molecule has 0 bridgehead atoms. The Morgan fingerprint density at radius 2 is 1.31 bits per heavy atom. The molecule has 29 heavy (non-hydrogen) atoms. The van der Waals surface area contributed by atoms with Gasteiger partial charge in [-0.15, -0.1) is 11.3 Å². The van der Waals surface area contributed by atoms with Gasteiger partial charge in [0.05, 0.1) is 0 Å². The van der Waals surface area contributed by atoms with Crippen molar-refractivity contribution in [3.05, 3.63) is 107 Å². The van der Waals surface area contributed by atoms with Gasteiger partial charge >= 0.3 is 6.16 Å². The predicted molar refractivity (Wildman–Crippen MR) is 118 cm³/mol. The van der Waals surface area contributed by atoms with Gasteiger partial charge < -0.3 is 9.47 Å². The summed E-state index contributed by atoms with van der Waals surface area (Å²) >= 11 is 1.54. The highest BCUT2D eigenvalue weighted by atomic mass is 32.2. The zero-order valence-corrected chi connectivity index (χ0v) is 17.3. The van der Waals surface area contributed by atoms with Crippen molar-refractivity contribution in [1.82, 2.24) is 0 Å². The van der Waals surface area contributed by atoms with Crippen molar-refractivity contribution < 1.29 is 14.3 Å². The summed E-state index contributed by atoms with van der Waals surface area (Å²) in [5.41, 5.74) is 0. The molecular weight excluding hydrogens is 400 g/mol. The second-order valence-electron chi connectivity index (χ2n) is 6.22. The molecule has 0 unspecified atom stereocenters. The van der Waals surface area contributed by atoms with Crippen LogP contribution in [0.1, 0.15) is 4.88 Å². The van der Waals surface area contributed by atoms with E-state index in [1.807, 2.05) is 53.9 Å². The molecule has 0 atom stereocenters. The van der Waals surface area contributed by atoms with Crippen molar-refractivity contribution in [1.29, 1.82) is 0 Å². The fourth-order valence-corrected chi connectivity index (χ4v) is 5.81. The van der Waals surface area contributed by atoms with Crippen LogP contribution in [0, 0.1) is 0 Å². The van der Waals surface area contributed by atoms with Gasteiger partial charge in [-0.25, -0.2) is 4.79 Å². The number of carbonyl (C=O) groups is 1. The molecule has 0 aliphatic rings. The molecule has 4 rings (SSSR count). The molecule has 0 saturated heterocycles. The Hall–Kier alpha value is -3.02. The van der Waals surface area contributed by atoms with E-state index in [1.54, 1.807) is 11.3 Å². The molecule has 4 aromatic rings. The highest BCUT2D eigenvalue weighted by Gasteiger charge is 2.13. The molecule has 5 heteroatoms. The van der Waals surface area contributed by atoms with E-state index in [2.05, 4.69) is 48.5 Å². The first-order chi connectivity index (χ1) is 14.3. The molecule has 0 aliphatic carbocycles. The molecule has 0 amide bonds. The van der Waals surface area contributed by atoms with Crippen LogP contribution in [-0.4, -0.2) is 6.16 Å². The first kappa shape index (κ1) is 19.3. The minimum Gasteiger partial charge on any atom is -0.428 e. The van der Waals surface area contributed by atoms with Crippen LogP contribution in [0.25, 0.3) is 0 Å². The van der Waals surface area contributed by atoms with Gasteiger partial charge in [-0.3, -0.25) is 0 Å². The molecule has 3 aromatic carbocycles. The maximum absolute atomic E-state index is 11.9. The molecule has 1 heterocycles. The van der Waals surface area contributed by atoms with Crippen molar-refractivity contribution in [3.63, 3.8) is 0 Å². The molecular formula is C24H20O3S2. The number of rotatable bonds is 6. The summed E-state index contributed by atoms with van der Waals surface area (Å²) < 4.78 is 10.5. The molecule has 0 saturated carbocycles. The Balaban J connectivity index is 1.49. The van der Waals surface area contributed by atoms with Gasteiger partial charge in [0, 0.05) is 4.88 Å². The van der Waals surface area contributed by atoms with E-state index >= 15 is 0 Å². The molecule has 0 N–H and O–H groups in total. The van der Waals surface area contributed by atoms with E-state index < -0.39 is 17.1 Å². The lowest BCUT2D eigenvalue weighted by Gasteiger charge is -2.23. The van der Waals surface area contributed by atoms with Crippen LogP contribution in [0.2, 0.25) is 0 Å². The predicted octanol–water partition coefficient (Wildman–Crippen LogP) is 6.94. The summed E-state index contributed by atoms with van der Waals surface area (Å²) in [6.45, 7) is 0.224. The van der Waals surface area contributed by atoms with Crippen molar-refractivity contribution in [2.45, 2.75) is 21.3 Å². The lowest BCUT2D eigenvalue weighted by atomic mass is 10.3. The lowest BCUT2D eigenvalue weighted by molar-refractivity contribution is 0.0936. The third kappa shape index (κ3) is 5.08. The van der Waals surface area contributed by atoms with E-state index in [-0.39, 0.29) is 6.61 Å². The smallest absolute Gasteiger partial charge is 0.428 e. The van der Waals surface area contributed by atoms with Gasteiger partial charge in [0.15, 0.2) is 0 Å². The Kier molecular flexibility index (Phi) is 6.29. The van der Waals surface area contributed by atoms with E-state index in [1.165, 1.54) is 14.7 Å². The third-order valence-electron chi connectivity index (χ3n) is 4.24. The molecule has 1 aromatic heterocycles. The van der Waals surface area contributed by atoms with Crippen LogP contribution in [0.4, 0.5) is 4.79 Å². The number of hydrogen-bond acceptors (Lipinski definition) is 4. The number of carbonyl (C=O) groups excluding carboxylic acids is 1.